The summed E-state index contributed by atoms with van der Waals surface area (Å²) in [5, 5.41) is 9.37. The third kappa shape index (κ3) is 4.89. The fourth-order valence-electron chi connectivity index (χ4n) is 2.11. The van der Waals surface area contributed by atoms with Gasteiger partial charge in [0.2, 0.25) is 5.91 Å². The van der Waals surface area contributed by atoms with Crippen LogP contribution in [-0.4, -0.2) is 55.1 Å². The molecule has 19 heavy (non-hydrogen) atoms. The number of hydrogen-bond acceptors (Lipinski definition) is 5. The van der Waals surface area contributed by atoms with Crippen molar-refractivity contribution in [1.82, 2.24) is 20.5 Å². The first-order valence-electron chi connectivity index (χ1n) is 6.91. The van der Waals surface area contributed by atoms with E-state index in [0.717, 1.165) is 56.4 Å². The normalized spacial score (nSPS) is 16.5. The SMILES string of the molecule is CCc1nc(CC(=O)NCCN2CCNCC2)cs1. The van der Waals surface area contributed by atoms with E-state index in [4.69, 9.17) is 0 Å². The van der Waals surface area contributed by atoms with Crippen molar-refractivity contribution < 1.29 is 4.79 Å². The largest absolute Gasteiger partial charge is 0.354 e. The Kier molecular flexibility index (Phi) is 5.75. The van der Waals surface area contributed by atoms with Crippen LogP contribution in [0.4, 0.5) is 0 Å². The smallest absolute Gasteiger partial charge is 0.226 e. The Labute approximate surface area is 118 Å². The fourth-order valence-corrected chi connectivity index (χ4v) is 2.85. The number of piperazine rings is 1. The zero-order chi connectivity index (χ0) is 13.5. The molecule has 0 bridgehead atoms. The van der Waals surface area contributed by atoms with Gasteiger partial charge in [0.05, 0.1) is 17.1 Å². The molecule has 2 heterocycles. The second-order valence-electron chi connectivity index (χ2n) is 4.70. The molecule has 0 spiro atoms. The molecule has 2 N–H and O–H groups in total. The molecule has 106 valence electrons. The number of hydrogen-bond donors (Lipinski definition) is 2. The van der Waals surface area contributed by atoms with E-state index in [2.05, 4.69) is 27.4 Å². The maximum absolute atomic E-state index is 11.8. The summed E-state index contributed by atoms with van der Waals surface area (Å²) in [6.45, 7) is 7.98. The molecule has 0 aromatic carbocycles. The summed E-state index contributed by atoms with van der Waals surface area (Å²) in [4.78, 5) is 18.5. The van der Waals surface area contributed by atoms with Gasteiger partial charge in [-0.25, -0.2) is 4.98 Å². The van der Waals surface area contributed by atoms with Crippen LogP contribution in [0.5, 0.6) is 0 Å². The quantitative estimate of drug-likeness (QED) is 0.786. The van der Waals surface area contributed by atoms with Gasteiger partial charge in [-0.05, 0) is 6.42 Å². The van der Waals surface area contributed by atoms with E-state index in [1.807, 2.05) is 5.38 Å². The first kappa shape index (κ1) is 14.4. The molecule has 1 aromatic rings. The minimum absolute atomic E-state index is 0.0723. The molecule has 6 heteroatoms. The molecule has 1 amide bonds. The lowest BCUT2D eigenvalue weighted by molar-refractivity contribution is -0.120. The number of aryl methyl sites for hydroxylation is 1. The molecule has 1 aliphatic heterocycles. The second kappa shape index (κ2) is 7.57. The molecule has 1 fully saturated rings. The van der Waals surface area contributed by atoms with Crippen molar-refractivity contribution in [2.24, 2.45) is 0 Å². The van der Waals surface area contributed by atoms with Gasteiger partial charge >= 0.3 is 0 Å². The van der Waals surface area contributed by atoms with E-state index in [0.29, 0.717) is 6.42 Å². The lowest BCUT2D eigenvalue weighted by atomic mass is 10.3. The van der Waals surface area contributed by atoms with Crippen LogP contribution in [0, 0.1) is 0 Å². The standard InChI is InChI=1S/C13H22N4OS/c1-2-13-16-11(10-19-13)9-12(18)15-5-8-17-6-3-14-4-7-17/h10,14H,2-9H2,1H3,(H,15,18). The van der Waals surface area contributed by atoms with Crippen LogP contribution in [-0.2, 0) is 17.6 Å². The lowest BCUT2D eigenvalue weighted by Gasteiger charge is -2.27. The molecular weight excluding hydrogens is 260 g/mol. The topological polar surface area (TPSA) is 57.3 Å². The lowest BCUT2D eigenvalue weighted by Crippen LogP contribution is -2.46. The summed E-state index contributed by atoms with van der Waals surface area (Å²) in [6, 6.07) is 0. The predicted octanol–water partition coefficient (Wildman–Crippen LogP) is 0.269. The molecular formula is C13H22N4OS. The van der Waals surface area contributed by atoms with E-state index in [-0.39, 0.29) is 5.91 Å². The minimum Gasteiger partial charge on any atom is -0.354 e. The summed E-state index contributed by atoms with van der Waals surface area (Å²) in [6.07, 6.45) is 1.34. The van der Waals surface area contributed by atoms with Crippen molar-refractivity contribution in [3.05, 3.63) is 16.1 Å². The Bertz CT molecular complexity index is 401. The highest BCUT2D eigenvalue weighted by Crippen LogP contribution is 2.10. The van der Waals surface area contributed by atoms with Gasteiger partial charge in [0, 0.05) is 44.6 Å². The Hall–Kier alpha value is -0.980. The van der Waals surface area contributed by atoms with Gasteiger partial charge in [-0.2, -0.15) is 0 Å². The van der Waals surface area contributed by atoms with Gasteiger partial charge in [-0.15, -0.1) is 11.3 Å². The van der Waals surface area contributed by atoms with E-state index in [1.165, 1.54) is 0 Å². The number of nitrogens with one attached hydrogen (secondary N) is 2. The number of rotatable bonds is 6. The molecule has 2 rings (SSSR count). The molecule has 1 aliphatic rings. The van der Waals surface area contributed by atoms with Crippen LogP contribution >= 0.6 is 11.3 Å². The van der Waals surface area contributed by atoms with Crippen molar-refractivity contribution >= 4 is 17.2 Å². The third-order valence-electron chi connectivity index (χ3n) is 3.20. The molecule has 1 aromatic heterocycles. The van der Waals surface area contributed by atoms with Gasteiger partial charge in [0.25, 0.3) is 0 Å². The van der Waals surface area contributed by atoms with Crippen LogP contribution in [0.1, 0.15) is 17.6 Å². The van der Waals surface area contributed by atoms with E-state index in [9.17, 15) is 4.79 Å². The third-order valence-corrected chi connectivity index (χ3v) is 4.25. The number of amides is 1. The number of carbonyl (C=O) groups is 1. The maximum Gasteiger partial charge on any atom is 0.226 e. The Morgan fingerprint density at radius 2 is 2.32 bits per heavy atom. The molecule has 5 nitrogen and oxygen atoms in total. The average molecular weight is 282 g/mol. The molecule has 0 aliphatic carbocycles. The second-order valence-corrected chi connectivity index (χ2v) is 5.65. The van der Waals surface area contributed by atoms with Crippen LogP contribution in [0.2, 0.25) is 0 Å². The van der Waals surface area contributed by atoms with Crippen molar-refractivity contribution in [3.63, 3.8) is 0 Å². The van der Waals surface area contributed by atoms with Gasteiger partial charge in [0.1, 0.15) is 0 Å². The summed E-state index contributed by atoms with van der Waals surface area (Å²) >= 11 is 1.63. The highest BCUT2D eigenvalue weighted by Gasteiger charge is 2.10. The van der Waals surface area contributed by atoms with Gasteiger partial charge in [-0.1, -0.05) is 6.92 Å². The minimum atomic E-state index is 0.0723. The first-order valence-corrected chi connectivity index (χ1v) is 7.79. The predicted molar refractivity (Wildman–Crippen MR) is 77.5 cm³/mol. The van der Waals surface area contributed by atoms with Gasteiger partial charge < -0.3 is 10.6 Å². The first-order chi connectivity index (χ1) is 9.28. The van der Waals surface area contributed by atoms with Crippen LogP contribution in [0.25, 0.3) is 0 Å². The molecule has 0 atom stereocenters. The van der Waals surface area contributed by atoms with Crippen LogP contribution < -0.4 is 10.6 Å². The summed E-state index contributed by atoms with van der Waals surface area (Å²) < 4.78 is 0. The summed E-state index contributed by atoms with van der Waals surface area (Å²) in [7, 11) is 0. The van der Waals surface area contributed by atoms with Crippen LogP contribution in [0.15, 0.2) is 5.38 Å². The average Bonchev–Trinajstić information content (AvgIpc) is 2.87. The molecule has 1 saturated heterocycles. The number of aromatic nitrogens is 1. The van der Waals surface area contributed by atoms with E-state index >= 15 is 0 Å². The highest BCUT2D eigenvalue weighted by molar-refractivity contribution is 7.09. The van der Waals surface area contributed by atoms with E-state index in [1.54, 1.807) is 11.3 Å². The maximum atomic E-state index is 11.8. The van der Waals surface area contributed by atoms with Gasteiger partial charge in [-0.3, -0.25) is 9.69 Å². The van der Waals surface area contributed by atoms with Crippen molar-refractivity contribution in [1.29, 1.82) is 0 Å². The Morgan fingerprint density at radius 3 is 3.00 bits per heavy atom. The number of carbonyl (C=O) groups excluding carboxylic acids is 1. The van der Waals surface area contributed by atoms with Gasteiger partial charge in [0.15, 0.2) is 0 Å². The monoisotopic (exact) mass is 282 g/mol. The van der Waals surface area contributed by atoms with Crippen molar-refractivity contribution in [2.75, 3.05) is 39.3 Å². The van der Waals surface area contributed by atoms with E-state index < -0.39 is 0 Å². The van der Waals surface area contributed by atoms with Crippen molar-refractivity contribution in [2.45, 2.75) is 19.8 Å². The molecule has 0 unspecified atom stereocenters. The van der Waals surface area contributed by atoms with Crippen molar-refractivity contribution in [3.8, 4) is 0 Å². The summed E-state index contributed by atoms with van der Waals surface area (Å²) in [5.41, 5.74) is 0.890. The van der Waals surface area contributed by atoms with Crippen LogP contribution in [0.3, 0.4) is 0 Å². The Balaban J connectivity index is 1.63. The number of thiazole rings is 1. The highest BCUT2D eigenvalue weighted by atomic mass is 32.1. The molecule has 0 saturated carbocycles. The fraction of sp³-hybridized carbons (Fsp3) is 0.692. The molecule has 0 radical (unpaired) electrons. The zero-order valence-corrected chi connectivity index (χ0v) is 12.3. The summed E-state index contributed by atoms with van der Waals surface area (Å²) in [5.74, 6) is 0.0723. The number of nitrogens with zero attached hydrogens (tertiary/aromatic N) is 2. The zero-order valence-electron chi connectivity index (χ0n) is 11.4. The Morgan fingerprint density at radius 1 is 1.53 bits per heavy atom.